The minimum absolute atomic E-state index is 0.187. The van der Waals surface area contributed by atoms with Gasteiger partial charge < -0.3 is 15.5 Å². The normalized spacial score (nSPS) is 12.0. The fourth-order valence-electron chi connectivity index (χ4n) is 1.72. The van der Waals surface area contributed by atoms with E-state index in [9.17, 15) is 18.8 Å². The maximum Gasteiger partial charge on any atom is 0.326 e. The summed E-state index contributed by atoms with van der Waals surface area (Å²) in [6, 6.07) is 4.00. The average molecular weight is 311 g/mol. The van der Waals surface area contributed by atoms with Crippen molar-refractivity contribution in [3.8, 4) is 0 Å². The number of hydrogen-bond donors (Lipinski definition) is 3. The van der Waals surface area contributed by atoms with Crippen molar-refractivity contribution in [3.05, 3.63) is 35.0 Å². The van der Waals surface area contributed by atoms with Gasteiger partial charge in [-0.2, -0.15) is 0 Å². The molecule has 110 valence electrons. The largest absolute Gasteiger partial charge is 0.481 e. The molecule has 3 N–H and O–H groups in total. The first kappa shape index (κ1) is 14.9. The molecule has 0 aliphatic heterocycles. The van der Waals surface area contributed by atoms with E-state index in [1.54, 1.807) is 0 Å². The summed E-state index contributed by atoms with van der Waals surface area (Å²) in [5.74, 6) is -3.91. The van der Waals surface area contributed by atoms with E-state index in [-0.39, 0.29) is 4.88 Å². The summed E-state index contributed by atoms with van der Waals surface area (Å²) in [4.78, 5) is 33.6. The Bertz CT molecular complexity index is 726. The van der Waals surface area contributed by atoms with E-state index in [1.165, 1.54) is 24.3 Å². The first-order valence-corrected chi connectivity index (χ1v) is 6.63. The molecule has 0 radical (unpaired) electrons. The molecule has 8 heteroatoms. The Morgan fingerprint density at radius 1 is 1.24 bits per heavy atom. The molecule has 21 heavy (non-hydrogen) atoms. The van der Waals surface area contributed by atoms with E-state index < -0.39 is 36.1 Å². The molecule has 2 aromatic rings. The molecule has 0 fully saturated rings. The van der Waals surface area contributed by atoms with Crippen LogP contribution >= 0.6 is 11.3 Å². The van der Waals surface area contributed by atoms with E-state index in [2.05, 4.69) is 5.32 Å². The van der Waals surface area contributed by atoms with Gasteiger partial charge >= 0.3 is 11.9 Å². The number of nitrogens with one attached hydrogen (secondary N) is 1. The van der Waals surface area contributed by atoms with Gasteiger partial charge in [-0.25, -0.2) is 9.18 Å². The van der Waals surface area contributed by atoms with Crippen LogP contribution in [0.25, 0.3) is 10.1 Å². The lowest BCUT2D eigenvalue weighted by atomic mass is 10.2. The molecule has 0 bridgehead atoms. The van der Waals surface area contributed by atoms with Gasteiger partial charge in [0.05, 0.1) is 11.3 Å². The molecule has 0 saturated heterocycles. The van der Waals surface area contributed by atoms with Crippen molar-refractivity contribution < 1.29 is 29.0 Å². The molecule has 1 aromatic carbocycles. The van der Waals surface area contributed by atoms with Crippen molar-refractivity contribution in [2.24, 2.45) is 0 Å². The smallest absolute Gasteiger partial charge is 0.326 e. The van der Waals surface area contributed by atoms with Crippen LogP contribution in [0.4, 0.5) is 4.39 Å². The minimum Gasteiger partial charge on any atom is -0.481 e. The zero-order chi connectivity index (χ0) is 15.6. The zero-order valence-electron chi connectivity index (χ0n) is 10.5. The molecule has 0 spiro atoms. The number of fused-ring (bicyclic) bond motifs is 1. The van der Waals surface area contributed by atoms with E-state index in [0.29, 0.717) is 10.1 Å². The predicted octanol–water partition coefficient (Wildman–Crippen LogP) is 1.70. The molecule has 1 aromatic heterocycles. The Kier molecular flexibility index (Phi) is 4.18. The number of carboxylic acid groups (broad SMARTS) is 2. The second-order valence-electron chi connectivity index (χ2n) is 4.25. The van der Waals surface area contributed by atoms with Crippen molar-refractivity contribution in [3.63, 3.8) is 0 Å². The topological polar surface area (TPSA) is 104 Å². The Balaban J connectivity index is 2.20. The molecule has 1 heterocycles. The fraction of sp³-hybridized carbons (Fsp3) is 0.154. The van der Waals surface area contributed by atoms with Gasteiger partial charge in [-0.3, -0.25) is 9.59 Å². The van der Waals surface area contributed by atoms with Crippen LogP contribution in [-0.2, 0) is 9.59 Å². The van der Waals surface area contributed by atoms with Crippen molar-refractivity contribution in [1.82, 2.24) is 5.32 Å². The minimum atomic E-state index is -1.52. The summed E-state index contributed by atoms with van der Waals surface area (Å²) >= 11 is 1.000. The Morgan fingerprint density at radius 2 is 1.95 bits per heavy atom. The third kappa shape index (κ3) is 3.54. The van der Waals surface area contributed by atoms with E-state index in [4.69, 9.17) is 10.2 Å². The first-order valence-electron chi connectivity index (χ1n) is 5.81. The highest BCUT2D eigenvalue weighted by atomic mass is 32.1. The number of hydrogen-bond acceptors (Lipinski definition) is 4. The quantitative estimate of drug-likeness (QED) is 0.779. The van der Waals surface area contributed by atoms with E-state index in [0.717, 1.165) is 11.3 Å². The summed E-state index contributed by atoms with van der Waals surface area (Å²) in [5.41, 5.74) is 0. The molecular formula is C13H10FNO5S. The second-order valence-corrected chi connectivity index (χ2v) is 5.34. The maximum absolute atomic E-state index is 13.1. The summed E-state index contributed by atoms with van der Waals surface area (Å²) in [6.45, 7) is 0. The average Bonchev–Trinajstić information content (AvgIpc) is 2.80. The van der Waals surface area contributed by atoms with Gasteiger partial charge in [0.2, 0.25) is 0 Å². The van der Waals surface area contributed by atoms with Gasteiger partial charge in [-0.1, -0.05) is 6.07 Å². The van der Waals surface area contributed by atoms with Gasteiger partial charge in [0.25, 0.3) is 5.91 Å². The van der Waals surface area contributed by atoms with Gasteiger partial charge in [0.15, 0.2) is 0 Å². The number of carboxylic acids is 2. The Morgan fingerprint density at radius 3 is 2.57 bits per heavy atom. The number of carbonyl (C=O) groups is 3. The summed E-state index contributed by atoms with van der Waals surface area (Å²) in [5, 5.41) is 20.3. The fourth-order valence-corrected chi connectivity index (χ4v) is 2.71. The van der Waals surface area contributed by atoms with Crippen LogP contribution in [-0.4, -0.2) is 34.1 Å². The number of amides is 1. The second kappa shape index (κ2) is 5.88. The van der Waals surface area contributed by atoms with Crippen LogP contribution in [0.3, 0.4) is 0 Å². The lowest BCUT2D eigenvalue weighted by Crippen LogP contribution is -2.41. The van der Waals surface area contributed by atoms with Crippen LogP contribution in [0, 0.1) is 5.82 Å². The number of halogens is 1. The summed E-state index contributed by atoms with van der Waals surface area (Å²) < 4.78 is 13.6. The molecule has 6 nitrogen and oxygen atoms in total. The van der Waals surface area contributed by atoms with Crippen LogP contribution in [0.2, 0.25) is 0 Å². The van der Waals surface area contributed by atoms with Gasteiger partial charge in [0.1, 0.15) is 11.9 Å². The van der Waals surface area contributed by atoms with Crippen LogP contribution < -0.4 is 5.32 Å². The highest BCUT2D eigenvalue weighted by Crippen LogP contribution is 2.26. The first-order chi connectivity index (χ1) is 9.86. The predicted molar refractivity (Wildman–Crippen MR) is 72.9 cm³/mol. The summed E-state index contributed by atoms with van der Waals surface area (Å²) in [7, 11) is 0. The van der Waals surface area contributed by atoms with Crippen LogP contribution in [0.5, 0.6) is 0 Å². The SMILES string of the molecule is O=C(O)C[C@@H](NC(=O)c1cc2ccc(F)cc2s1)C(=O)O. The number of benzene rings is 1. The monoisotopic (exact) mass is 311 g/mol. The molecule has 0 aliphatic rings. The Hall–Kier alpha value is -2.48. The molecule has 0 unspecified atom stereocenters. The number of aliphatic carboxylic acids is 2. The van der Waals surface area contributed by atoms with Gasteiger partial charge in [-0.15, -0.1) is 11.3 Å². The molecule has 0 saturated carbocycles. The van der Waals surface area contributed by atoms with E-state index in [1.807, 2.05) is 0 Å². The lowest BCUT2D eigenvalue weighted by molar-refractivity contribution is -0.145. The van der Waals surface area contributed by atoms with E-state index >= 15 is 0 Å². The van der Waals surface area contributed by atoms with Gasteiger partial charge in [-0.05, 0) is 23.6 Å². The molecule has 1 amide bonds. The highest BCUT2D eigenvalue weighted by Gasteiger charge is 2.24. The Labute approximate surface area is 121 Å². The van der Waals surface area contributed by atoms with Gasteiger partial charge in [0, 0.05) is 4.70 Å². The van der Waals surface area contributed by atoms with Crippen molar-refractivity contribution in [2.75, 3.05) is 0 Å². The van der Waals surface area contributed by atoms with Crippen molar-refractivity contribution in [1.29, 1.82) is 0 Å². The summed E-state index contributed by atoms with van der Waals surface area (Å²) in [6.07, 6.45) is -0.722. The molecule has 0 aliphatic carbocycles. The molecule has 2 rings (SSSR count). The number of carbonyl (C=O) groups excluding carboxylic acids is 1. The lowest BCUT2D eigenvalue weighted by Gasteiger charge is -2.11. The van der Waals surface area contributed by atoms with Crippen molar-refractivity contribution in [2.45, 2.75) is 12.5 Å². The molecular weight excluding hydrogens is 301 g/mol. The maximum atomic E-state index is 13.1. The number of thiophene rings is 1. The van der Waals surface area contributed by atoms with Crippen molar-refractivity contribution >= 4 is 39.3 Å². The molecule has 1 atom stereocenters. The number of rotatable bonds is 5. The zero-order valence-corrected chi connectivity index (χ0v) is 11.3. The third-order valence-electron chi connectivity index (χ3n) is 2.69. The third-order valence-corrected chi connectivity index (χ3v) is 3.78. The standard InChI is InChI=1S/C13H10FNO5S/c14-7-2-1-6-3-10(21-9(6)4-7)12(18)15-8(13(19)20)5-11(16)17/h1-4,8H,5H2,(H,15,18)(H,16,17)(H,19,20)/t8-/m1/s1. The highest BCUT2D eigenvalue weighted by molar-refractivity contribution is 7.20. The van der Waals surface area contributed by atoms with Crippen LogP contribution in [0.1, 0.15) is 16.1 Å². The van der Waals surface area contributed by atoms with Crippen LogP contribution in [0.15, 0.2) is 24.3 Å².